The Morgan fingerprint density at radius 1 is 1.10 bits per heavy atom. The summed E-state index contributed by atoms with van der Waals surface area (Å²) in [4.78, 5) is 39.2. The average molecular weight is 412 g/mol. The quantitative estimate of drug-likeness (QED) is 0.718. The maximum Gasteiger partial charge on any atom is 0.329 e. The van der Waals surface area contributed by atoms with Gasteiger partial charge in [0, 0.05) is 33.1 Å². The van der Waals surface area contributed by atoms with Gasteiger partial charge in [-0.3, -0.25) is 24.0 Å². The van der Waals surface area contributed by atoms with Crippen LogP contribution >= 0.6 is 0 Å². The van der Waals surface area contributed by atoms with Crippen LogP contribution in [0, 0.1) is 5.41 Å². The smallest absolute Gasteiger partial charge is 0.317 e. The molecule has 4 heterocycles. The van der Waals surface area contributed by atoms with Crippen LogP contribution in [-0.2, 0) is 23.1 Å². The molecule has 1 spiro atoms. The molecule has 3 saturated heterocycles. The van der Waals surface area contributed by atoms with Gasteiger partial charge < -0.3 is 10.2 Å². The Morgan fingerprint density at radius 3 is 2.60 bits per heavy atom. The van der Waals surface area contributed by atoms with E-state index >= 15 is 0 Å². The second kappa shape index (κ2) is 7.35. The van der Waals surface area contributed by atoms with Gasteiger partial charge in [-0.2, -0.15) is 0 Å². The zero-order valence-corrected chi connectivity index (χ0v) is 17.4. The normalized spacial score (nSPS) is 24.2. The summed E-state index contributed by atoms with van der Waals surface area (Å²) in [7, 11) is 1.74. The zero-order valence-electron chi connectivity index (χ0n) is 17.4. The van der Waals surface area contributed by atoms with Gasteiger partial charge in [-0.15, -0.1) is 0 Å². The summed E-state index contributed by atoms with van der Waals surface area (Å²) < 4.78 is 3.15. The molecular weight excluding hydrogens is 382 g/mol. The molecule has 3 fully saturated rings. The van der Waals surface area contributed by atoms with Crippen molar-refractivity contribution in [2.24, 2.45) is 12.5 Å². The largest absolute Gasteiger partial charge is 0.329 e. The summed E-state index contributed by atoms with van der Waals surface area (Å²) in [5.41, 5.74) is 3.11. The maximum atomic E-state index is 12.9. The van der Waals surface area contributed by atoms with Crippen LogP contribution in [0.5, 0.6) is 0 Å². The van der Waals surface area contributed by atoms with E-state index in [1.807, 2.05) is 6.07 Å². The lowest BCUT2D eigenvalue weighted by molar-refractivity contribution is -0.135. The topological polar surface area (TPSA) is 88.4 Å². The number of benzene rings is 1. The molecule has 30 heavy (non-hydrogen) atoms. The van der Waals surface area contributed by atoms with Gasteiger partial charge in [0.2, 0.25) is 11.8 Å². The second-order valence-electron chi connectivity index (χ2n) is 9.21. The molecule has 3 aliphatic heterocycles. The maximum absolute atomic E-state index is 12.9. The first-order valence-corrected chi connectivity index (χ1v) is 10.9. The van der Waals surface area contributed by atoms with Crippen molar-refractivity contribution in [3.8, 4) is 0 Å². The van der Waals surface area contributed by atoms with Gasteiger partial charge in [0.1, 0.15) is 6.04 Å². The number of carbonyl (C=O) groups is 2. The van der Waals surface area contributed by atoms with Crippen LogP contribution in [0.25, 0.3) is 11.0 Å². The highest BCUT2D eigenvalue weighted by atomic mass is 16.2. The molecule has 1 unspecified atom stereocenters. The summed E-state index contributed by atoms with van der Waals surface area (Å²) in [6.45, 7) is 5.70. The molecule has 0 radical (unpaired) electrons. The van der Waals surface area contributed by atoms with Gasteiger partial charge >= 0.3 is 5.69 Å². The van der Waals surface area contributed by atoms with Crippen molar-refractivity contribution in [2.75, 3.05) is 32.7 Å². The van der Waals surface area contributed by atoms with E-state index in [1.54, 1.807) is 11.6 Å². The Kier molecular flexibility index (Phi) is 4.78. The molecule has 8 nitrogen and oxygen atoms in total. The van der Waals surface area contributed by atoms with Gasteiger partial charge in [0.15, 0.2) is 0 Å². The number of aromatic nitrogens is 2. The van der Waals surface area contributed by atoms with E-state index in [0.29, 0.717) is 11.8 Å². The molecule has 0 aliphatic carbocycles. The molecule has 3 aliphatic rings. The lowest BCUT2D eigenvalue weighted by Crippen LogP contribution is -2.60. The van der Waals surface area contributed by atoms with Crippen molar-refractivity contribution in [3.05, 3.63) is 34.2 Å². The first kappa shape index (κ1) is 19.5. The van der Waals surface area contributed by atoms with E-state index in [0.717, 1.165) is 37.1 Å². The monoisotopic (exact) mass is 411 g/mol. The van der Waals surface area contributed by atoms with Crippen molar-refractivity contribution >= 4 is 22.8 Å². The molecule has 160 valence electrons. The minimum absolute atomic E-state index is 0.216. The fourth-order valence-electron chi connectivity index (χ4n) is 5.42. The van der Waals surface area contributed by atoms with E-state index in [-0.39, 0.29) is 18.0 Å². The zero-order chi connectivity index (χ0) is 20.9. The van der Waals surface area contributed by atoms with Crippen LogP contribution in [0.15, 0.2) is 23.0 Å². The molecule has 8 heteroatoms. The fourth-order valence-corrected chi connectivity index (χ4v) is 5.42. The molecule has 2 amide bonds. The number of imide groups is 1. The van der Waals surface area contributed by atoms with E-state index in [1.165, 1.54) is 36.1 Å². The van der Waals surface area contributed by atoms with Gasteiger partial charge in [0.25, 0.3) is 0 Å². The van der Waals surface area contributed by atoms with Crippen molar-refractivity contribution < 1.29 is 9.59 Å². The van der Waals surface area contributed by atoms with Gasteiger partial charge in [0.05, 0.1) is 11.0 Å². The third kappa shape index (κ3) is 3.28. The van der Waals surface area contributed by atoms with Crippen molar-refractivity contribution in [1.82, 2.24) is 24.7 Å². The fraction of sp³-hybridized carbons (Fsp3) is 0.591. The Bertz CT molecular complexity index is 1050. The molecule has 0 saturated carbocycles. The highest BCUT2D eigenvalue weighted by Crippen LogP contribution is 2.38. The van der Waals surface area contributed by atoms with Gasteiger partial charge in [-0.1, -0.05) is 6.07 Å². The Morgan fingerprint density at radius 2 is 1.87 bits per heavy atom. The second-order valence-corrected chi connectivity index (χ2v) is 9.21. The van der Waals surface area contributed by atoms with Crippen molar-refractivity contribution in [3.63, 3.8) is 0 Å². The Hall–Kier alpha value is -2.45. The lowest BCUT2D eigenvalue weighted by Gasteiger charge is -2.52. The number of nitrogens with zero attached hydrogens (tertiary/aromatic N) is 3. The van der Waals surface area contributed by atoms with E-state index in [2.05, 4.69) is 27.7 Å². The number of imidazole rings is 1. The minimum Gasteiger partial charge on any atom is -0.317 e. The molecule has 2 N–H and O–H groups in total. The van der Waals surface area contributed by atoms with Crippen LogP contribution in [0.4, 0.5) is 0 Å². The number of likely N-dealkylation sites (tertiary alicyclic amines) is 1. The third-order valence-corrected chi connectivity index (χ3v) is 7.17. The Labute approximate surface area is 175 Å². The standard InChI is InChI=1S/C22H29N5O3/c1-25-18-12-15(6-11-26-13-22(14-26)7-9-23-10-8-22)2-3-16(18)27(21(25)30)17-4-5-19(28)24-20(17)29/h2-3,12,17,23H,4-11,13-14H2,1H3,(H,24,28,29). The number of hydrogen-bond acceptors (Lipinski definition) is 5. The molecule has 1 aromatic carbocycles. The number of fused-ring (bicyclic) bond motifs is 1. The van der Waals surface area contributed by atoms with Crippen molar-refractivity contribution in [1.29, 1.82) is 0 Å². The summed E-state index contributed by atoms with van der Waals surface area (Å²) in [6.07, 6.45) is 4.13. The van der Waals surface area contributed by atoms with Crippen LogP contribution < -0.4 is 16.3 Å². The summed E-state index contributed by atoms with van der Waals surface area (Å²) in [5, 5.41) is 5.80. The molecule has 0 bridgehead atoms. The lowest BCUT2D eigenvalue weighted by atomic mass is 9.72. The summed E-state index contributed by atoms with van der Waals surface area (Å²) >= 11 is 0. The summed E-state index contributed by atoms with van der Waals surface area (Å²) in [5.74, 6) is -0.668. The van der Waals surface area contributed by atoms with Crippen molar-refractivity contribution in [2.45, 2.75) is 38.1 Å². The van der Waals surface area contributed by atoms with E-state index < -0.39 is 11.9 Å². The van der Waals surface area contributed by atoms with Crippen LogP contribution in [-0.4, -0.2) is 58.6 Å². The highest BCUT2D eigenvalue weighted by Gasteiger charge is 2.42. The SMILES string of the molecule is Cn1c(=O)n(C2CCC(=O)NC2=O)c2ccc(CCN3CC4(CCNCC4)C3)cc21. The molecule has 1 aromatic heterocycles. The number of nitrogens with one attached hydrogen (secondary N) is 2. The highest BCUT2D eigenvalue weighted by molar-refractivity contribution is 6.00. The first-order valence-electron chi connectivity index (χ1n) is 10.9. The molecular formula is C22H29N5O3. The summed E-state index contributed by atoms with van der Waals surface area (Å²) in [6, 6.07) is 5.44. The number of amides is 2. The first-order chi connectivity index (χ1) is 14.5. The number of rotatable bonds is 4. The predicted octanol–water partition coefficient (Wildman–Crippen LogP) is 0.546. The van der Waals surface area contributed by atoms with Crippen LogP contribution in [0.1, 0.15) is 37.3 Å². The molecule has 1 atom stereocenters. The third-order valence-electron chi connectivity index (χ3n) is 7.17. The average Bonchev–Trinajstić information content (AvgIpc) is 2.96. The van der Waals surface area contributed by atoms with Crippen LogP contribution in [0.2, 0.25) is 0 Å². The molecule has 2 aromatic rings. The predicted molar refractivity (Wildman–Crippen MR) is 113 cm³/mol. The van der Waals surface area contributed by atoms with Crippen LogP contribution in [0.3, 0.4) is 0 Å². The number of carbonyl (C=O) groups excluding carboxylic acids is 2. The van der Waals surface area contributed by atoms with Gasteiger partial charge in [-0.05, 0) is 61.9 Å². The Balaban J connectivity index is 1.32. The number of piperidine rings is 2. The van der Waals surface area contributed by atoms with Gasteiger partial charge in [-0.25, -0.2) is 4.79 Å². The number of aryl methyl sites for hydroxylation is 1. The van der Waals surface area contributed by atoms with E-state index in [9.17, 15) is 14.4 Å². The van der Waals surface area contributed by atoms with E-state index in [4.69, 9.17) is 0 Å². The minimum atomic E-state index is -0.632. The molecule has 5 rings (SSSR count). The number of hydrogen-bond donors (Lipinski definition) is 2.